The Morgan fingerprint density at radius 2 is 1.36 bits per heavy atom. The summed E-state index contributed by atoms with van der Waals surface area (Å²) in [5.74, 6) is 0. The van der Waals surface area contributed by atoms with Crippen LogP contribution in [0.5, 0.6) is 0 Å². The van der Waals surface area contributed by atoms with Gasteiger partial charge in [-0.25, -0.2) is 0 Å². The van der Waals surface area contributed by atoms with Crippen molar-refractivity contribution in [2.24, 2.45) is 0 Å². The van der Waals surface area contributed by atoms with Gasteiger partial charge in [0.05, 0.1) is 0 Å². The first kappa shape index (κ1) is 21.1. The minimum Gasteiger partial charge on any atom is -0.318 e. The number of fused-ring (bicyclic) bond motifs is 3. The van der Waals surface area contributed by atoms with Gasteiger partial charge in [0.25, 0.3) is 0 Å². The van der Waals surface area contributed by atoms with Crippen molar-refractivity contribution >= 4 is 43.2 Å². The van der Waals surface area contributed by atoms with Gasteiger partial charge in [-0.1, -0.05) is 53.9 Å². The van der Waals surface area contributed by atoms with Crippen LogP contribution in [0.1, 0.15) is 0 Å². The molecule has 0 saturated carbocycles. The van der Waals surface area contributed by atoms with Gasteiger partial charge in [0.2, 0.25) is 0 Å². The van der Waals surface area contributed by atoms with Crippen molar-refractivity contribution in [1.82, 2.24) is 15.0 Å². The molecule has 0 saturated heterocycles. The van der Waals surface area contributed by atoms with Gasteiger partial charge in [0.1, 0.15) is 0 Å². The van der Waals surface area contributed by atoms with Gasteiger partial charge in [-0.05, 0) is 56.8 Å². The molecule has 3 heterocycles. The Labute approximate surface area is 204 Å². The smallest absolute Gasteiger partial charge is 0.0161 e. The first-order valence-electron chi connectivity index (χ1n) is 10.5. The first-order valence-corrected chi connectivity index (χ1v) is 10.5. The average molecular weight is 600 g/mol. The van der Waals surface area contributed by atoms with E-state index in [-0.39, 0.29) is 20.1 Å². The van der Waals surface area contributed by atoms with E-state index in [1.54, 1.807) is 12.4 Å². The minimum absolute atomic E-state index is 0. The fraction of sp³-hybridized carbons (Fsp3) is 0. The standard InChI is InChI=1S/C19H10N.C10H7N2.Ir/c1-4-12-9-10-13-5-2-7-16-18(13)17(12)14(6-1)15-8-3-11-20-19(15)16;1-3-7-11-9(5-1)10-6-2-4-8-12-10;/h1-6,8-11H;1-5,7-8H;/q2*-1;. The molecule has 4 heteroatoms. The van der Waals surface area contributed by atoms with E-state index in [0.717, 1.165) is 22.3 Å². The van der Waals surface area contributed by atoms with Crippen molar-refractivity contribution < 1.29 is 20.1 Å². The predicted molar refractivity (Wildman–Crippen MR) is 131 cm³/mol. The fourth-order valence-electron chi connectivity index (χ4n) is 4.29. The molecular formula is C29H17IrN3-2. The van der Waals surface area contributed by atoms with Crippen LogP contribution in [0.25, 0.3) is 54.6 Å². The molecule has 0 spiro atoms. The van der Waals surface area contributed by atoms with Crippen LogP contribution in [-0.2, 0) is 20.1 Å². The maximum Gasteiger partial charge on any atom is 0.0161 e. The maximum absolute atomic E-state index is 4.60. The van der Waals surface area contributed by atoms with Gasteiger partial charge in [0, 0.05) is 32.5 Å². The first-order chi connectivity index (χ1) is 15.9. The summed E-state index contributed by atoms with van der Waals surface area (Å²) in [6.07, 6.45) is 5.35. The van der Waals surface area contributed by atoms with Crippen LogP contribution in [0.3, 0.4) is 0 Å². The van der Waals surface area contributed by atoms with E-state index in [1.807, 2.05) is 48.7 Å². The molecule has 0 N–H and O–H groups in total. The topological polar surface area (TPSA) is 38.7 Å². The molecule has 0 amide bonds. The van der Waals surface area contributed by atoms with E-state index in [9.17, 15) is 0 Å². The maximum atomic E-state index is 4.60. The van der Waals surface area contributed by atoms with Crippen LogP contribution < -0.4 is 0 Å². The number of hydrogen-bond acceptors (Lipinski definition) is 3. The molecule has 0 aliphatic carbocycles. The number of rotatable bonds is 1. The summed E-state index contributed by atoms with van der Waals surface area (Å²) < 4.78 is 0. The van der Waals surface area contributed by atoms with Crippen molar-refractivity contribution in [3.63, 3.8) is 0 Å². The van der Waals surface area contributed by atoms with Gasteiger partial charge < -0.3 is 9.97 Å². The normalized spacial score (nSPS) is 10.8. The third-order valence-electron chi connectivity index (χ3n) is 5.67. The Kier molecular flexibility index (Phi) is 5.78. The minimum atomic E-state index is 0. The Bertz CT molecular complexity index is 1540. The molecule has 1 radical (unpaired) electrons. The second-order valence-electron chi connectivity index (χ2n) is 7.53. The van der Waals surface area contributed by atoms with Crippen LogP contribution in [0, 0.1) is 12.1 Å². The van der Waals surface area contributed by atoms with Gasteiger partial charge in [0.15, 0.2) is 0 Å². The zero-order valence-electron chi connectivity index (χ0n) is 17.5. The Hall–Kier alpha value is -3.72. The SMILES string of the molecule is [Ir].[c-]1ccc2ccc3cccc4c5cccnc5c1c2c34.[c-]1cccnc1-c1ccccn1. The number of benzene rings is 4. The monoisotopic (exact) mass is 600 g/mol. The van der Waals surface area contributed by atoms with Crippen LogP contribution in [0.4, 0.5) is 0 Å². The number of aromatic nitrogens is 3. The molecule has 7 rings (SSSR count). The summed E-state index contributed by atoms with van der Waals surface area (Å²) >= 11 is 0. The molecule has 0 bridgehead atoms. The second-order valence-corrected chi connectivity index (χ2v) is 7.53. The number of hydrogen-bond donors (Lipinski definition) is 0. The Morgan fingerprint density at radius 1 is 0.545 bits per heavy atom. The largest absolute Gasteiger partial charge is 0.318 e. The average Bonchev–Trinajstić information content (AvgIpc) is 2.89. The zero-order valence-corrected chi connectivity index (χ0v) is 19.9. The third kappa shape index (κ3) is 3.74. The van der Waals surface area contributed by atoms with Crippen molar-refractivity contribution in [1.29, 1.82) is 0 Å². The van der Waals surface area contributed by atoms with Crippen LogP contribution >= 0.6 is 0 Å². The quantitative estimate of drug-likeness (QED) is 0.117. The van der Waals surface area contributed by atoms with Gasteiger partial charge in [-0.3, -0.25) is 4.98 Å². The predicted octanol–water partition coefficient (Wildman–Crippen LogP) is 6.87. The van der Waals surface area contributed by atoms with Gasteiger partial charge in [-0.2, -0.15) is 12.1 Å². The van der Waals surface area contributed by atoms with Crippen molar-refractivity contribution in [3.05, 3.63) is 116 Å². The number of nitrogens with zero attached hydrogens (tertiary/aromatic N) is 3. The van der Waals surface area contributed by atoms with E-state index in [0.29, 0.717) is 0 Å². The Balaban J connectivity index is 0.000000152. The summed E-state index contributed by atoms with van der Waals surface area (Å²) in [5, 5.41) is 8.77. The molecule has 0 atom stereocenters. The summed E-state index contributed by atoms with van der Waals surface area (Å²) in [4.78, 5) is 12.9. The van der Waals surface area contributed by atoms with Crippen LogP contribution in [-0.4, -0.2) is 15.0 Å². The molecular weight excluding hydrogens is 583 g/mol. The van der Waals surface area contributed by atoms with Crippen molar-refractivity contribution in [3.8, 4) is 11.4 Å². The summed E-state index contributed by atoms with van der Waals surface area (Å²) in [5.41, 5.74) is 2.69. The number of pyridine rings is 3. The van der Waals surface area contributed by atoms with E-state index >= 15 is 0 Å². The summed E-state index contributed by atoms with van der Waals surface area (Å²) in [7, 11) is 0. The zero-order chi connectivity index (χ0) is 21.3. The molecule has 7 aromatic rings. The molecule has 0 aliphatic rings. The van der Waals surface area contributed by atoms with E-state index in [4.69, 9.17) is 0 Å². The summed E-state index contributed by atoms with van der Waals surface area (Å²) in [6.45, 7) is 0. The Morgan fingerprint density at radius 3 is 2.18 bits per heavy atom. The molecule has 3 nitrogen and oxygen atoms in total. The molecule has 0 unspecified atom stereocenters. The van der Waals surface area contributed by atoms with Crippen LogP contribution in [0.2, 0.25) is 0 Å². The van der Waals surface area contributed by atoms with Crippen molar-refractivity contribution in [2.75, 3.05) is 0 Å². The second kappa shape index (κ2) is 9.03. The van der Waals surface area contributed by atoms with E-state index < -0.39 is 0 Å². The molecule has 3 aromatic heterocycles. The third-order valence-corrected chi connectivity index (χ3v) is 5.67. The van der Waals surface area contributed by atoms with Gasteiger partial charge >= 0.3 is 0 Å². The van der Waals surface area contributed by atoms with Crippen LogP contribution in [0.15, 0.2) is 104 Å². The van der Waals surface area contributed by atoms with E-state index in [2.05, 4.69) is 69.5 Å². The summed E-state index contributed by atoms with van der Waals surface area (Å²) in [6, 6.07) is 35.0. The van der Waals surface area contributed by atoms with E-state index in [1.165, 1.54) is 32.3 Å². The van der Waals surface area contributed by atoms with Gasteiger partial charge in [-0.15, -0.1) is 35.0 Å². The van der Waals surface area contributed by atoms with Crippen molar-refractivity contribution in [2.45, 2.75) is 0 Å². The molecule has 4 aromatic carbocycles. The fourth-order valence-corrected chi connectivity index (χ4v) is 4.29. The molecule has 33 heavy (non-hydrogen) atoms. The molecule has 159 valence electrons. The molecule has 0 aliphatic heterocycles. The molecule has 0 fully saturated rings.